The maximum absolute atomic E-state index is 10.9. The number of benzene rings is 1. The van der Waals surface area contributed by atoms with E-state index < -0.39 is 5.97 Å². The number of fused-ring (bicyclic) bond motifs is 1. The van der Waals surface area contributed by atoms with Crippen molar-refractivity contribution in [2.45, 2.75) is 4.90 Å². The molecule has 1 aromatic carbocycles. The minimum absolute atomic E-state index is 0.0838. The van der Waals surface area contributed by atoms with E-state index in [0.29, 0.717) is 6.54 Å². The molecule has 2 rings (SSSR count). The number of carbonyl (C=O) groups is 1. The Morgan fingerprint density at radius 1 is 1.56 bits per heavy atom. The van der Waals surface area contributed by atoms with E-state index in [9.17, 15) is 4.79 Å². The number of aliphatic carboxylic acids is 1. The fourth-order valence-corrected chi connectivity index (χ4v) is 2.25. The molecule has 0 spiro atoms. The van der Waals surface area contributed by atoms with Gasteiger partial charge in [0.25, 0.3) is 0 Å². The van der Waals surface area contributed by atoms with Gasteiger partial charge in [0.2, 0.25) is 5.04 Å². The van der Waals surface area contributed by atoms with E-state index >= 15 is 0 Å². The zero-order valence-corrected chi connectivity index (χ0v) is 9.28. The van der Waals surface area contributed by atoms with Gasteiger partial charge in [-0.05, 0) is 12.1 Å². The first-order chi connectivity index (χ1) is 7.72. The van der Waals surface area contributed by atoms with E-state index in [4.69, 9.17) is 5.11 Å². The van der Waals surface area contributed by atoms with Crippen LogP contribution in [0.25, 0.3) is 0 Å². The first kappa shape index (κ1) is 10.8. The predicted octanol–water partition coefficient (Wildman–Crippen LogP) is 2.18. The van der Waals surface area contributed by atoms with Crippen LogP contribution < -0.4 is 5.01 Å². The van der Waals surface area contributed by atoms with Gasteiger partial charge in [0.05, 0.1) is 12.2 Å². The van der Waals surface area contributed by atoms with Crippen molar-refractivity contribution in [1.82, 2.24) is 0 Å². The van der Waals surface area contributed by atoms with Crippen LogP contribution >= 0.6 is 11.8 Å². The van der Waals surface area contributed by atoms with E-state index in [-0.39, 0.29) is 5.04 Å². The molecule has 0 aliphatic carbocycles. The number of anilines is 1. The van der Waals surface area contributed by atoms with E-state index in [1.54, 1.807) is 11.1 Å². The highest BCUT2D eigenvalue weighted by Crippen LogP contribution is 2.35. The SMILES string of the molecule is C=CCN1N=C(C(=O)O)Sc2ccccc21. The van der Waals surface area contributed by atoms with Crippen molar-refractivity contribution in [3.05, 3.63) is 36.9 Å². The highest BCUT2D eigenvalue weighted by Gasteiger charge is 2.22. The molecule has 5 heteroatoms. The van der Waals surface area contributed by atoms with Gasteiger partial charge in [0.15, 0.2) is 0 Å². The second kappa shape index (κ2) is 4.40. The van der Waals surface area contributed by atoms with Gasteiger partial charge in [-0.1, -0.05) is 30.0 Å². The third-order valence-electron chi connectivity index (χ3n) is 2.05. The van der Waals surface area contributed by atoms with Crippen molar-refractivity contribution < 1.29 is 9.90 Å². The lowest BCUT2D eigenvalue weighted by molar-refractivity contribution is -0.129. The van der Waals surface area contributed by atoms with Gasteiger partial charge in [-0.25, -0.2) is 4.79 Å². The summed E-state index contributed by atoms with van der Waals surface area (Å²) in [6, 6.07) is 7.57. The molecule has 0 bridgehead atoms. The van der Waals surface area contributed by atoms with Crippen LogP contribution in [-0.4, -0.2) is 22.7 Å². The Balaban J connectivity index is 2.42. The molecule has 0 atom stereocenters. The second-order valence-corrected chi connectivity index (χ2v) is 4.18. The Morgan fingerprint density at radius 2 is 2.31 bits per heavy atom. The molecule has 0 amide bonds. The summed E-state index contributed by atoms with van der Waals surface area (Å²) in [7, 11) is 0. The van der Waals surface area contributed by atoms with Gasteiger partial charge in [-0.3, -0.25) is 5.01 Å². The van der Waals surface area contributed by atoms with Crippen LogP contribution in [0.1, 0.15) is 0 Å². The molecule has 0 saturated heterocycles. The van der Waals surface area contributed by atoms with Crippen LogP contribution in [0.15, 0.2) is 46.9 Å². The van der Waals surface area contributed by atoms with Crippen LogP contribution in [0.4, 0.5) is 5.69 Å². The third-order valence-corrected chi connectivity index (χ3v) is 3.06. The van der Waals surface area contributed by atoms with E-state index in [1.807, 2.05) is 24.3 Å². The van der Waals surface area contributed by atoms with Crippen molar-refractivity contribution in [2.24, 2.45) is 5.10 Å². The first-order valence-electron chi connectivity index (χ1n) is 4.69. The van der Waals surface area contributed by atoms with Gasteiger partial charge in [0.1, 0.15) is 0 Å². The smallest absolute Gasteiger partial charge is 0.363 e. The maximum atomic E-state index is 10.9. The van der Waals surface area contributed by atoms with Crippen molar-refractivity contribution >= 4 is 28.5 Å². The molecule has 0 unspecified atom stereocenters. The summed E-state index contributed by atoms with van der Waals surface area (Å²) in [5.41, 5.74) is 0.914. The molecule has 16 heavy (non-hydrogen) atoms. The quantitative estimate of drug-likeness (QED) is 0.814. The number of carboxylic acids is 1. The highest BCUT2D eigenvalue weighted by molar-refractivity contribution is 8.15. The Bertz CT molecular complexity index is 471. The van der Waals surface area contributed by atoms with Gasteiger partial charge in [0, 0.05) is 4.90 Å². The number of carboxylic acid groups (broad SMARTS) is 1. The largest absolute Gasteiger partial charge is 0.476 e. The molecular formula is C11H10N2O2S. The average molecular weight is 234 g/mol. The van der Waals surface area contributed by atoms with Gasteiger partial charge in [-0.2, -0.15) is 5.10 Å². The van der Waals surface area contributed by atoms with Crippen molar-refractivity contribution in [1.29, 1.82) is 0 Å². The lowest BCUT2D eigenvalue weighted by atomic mass is 10.3. The molecule has 0 radical (unpaired) electrons. The monoisotopic (exact) mass is 234 g/mol. The normalized spacial score (nSPS) is 14.0. The standard InChI is InChI=1S/C11H10N2O2S/c1-2-7-13-8-5-3-4-6-9(8)16-10(12-13)11(14)15/h2-6H,1,7H2,(H,14,15). The first-order valence-corrected chi connectivity index (χ1v) is 5.51. The minimum Gasteiger partial charge on any atom is -0.476 e. The summed E-state index contributed by atoms with van der Waals surface area (Å²) in [6.07, 6.45) is 1.69. The predicted molar refractivity (Wildman–Crippen MR) is 64.9 cm³/mol. The molecular weight excluding hydrogens is 224 g/mol. The lowest BCUT2D eigenvalue weighted by Crippen LogP contribution is -2.25. The minimum atomic E-state index is -1.01. The molecule has 4 nitrogen and oxygen atoms in total. The molecule has 0 saturated carbocycles. The van der Waals surface area contributed by atoms with Gasteiger partial charge in [-0.15, -0.1) is 6.58 Å². The number of hydrazone groups is 1. The molecule has 1 aliphatic rings. The Hall–Kier alpha value is -1.75. The van der Waals surface area contributed by atoms with Crippen LogP contribution in [0.3, 0.4) is 0 Å². The van der Waals surface area contributed by atoms with Crippen molar-refractivity contribution in [2.75, 3.05) is 11.6 Å². The topological polar surface area (TPSA) is 52.9 Å². The summed E-state index contributed by atoms with van der Waals surface area (Å²) in [5.74, 6) is -1.01. The van der Waals surface area contributed by atoms with Crippen molar-refractivity contribution in [3.8, 4) is 0 Å². The number of thioether (sulfide) groups is 1. The lowest BCUT2D eigenvalue weighted by Gasteiger charge is -2.24. The highest BCUT2D eigenvalue weighted by atomic mass is 32.2. The Kier molecular flexibility index (Phi) is 2.96. The van der Waals surface area contributed by atoms with E-state index in [1.165, 1.54) is 11.8 Å². The summed E-state index contributed by atoms with van der Waals surface area (Å²) in [4.78, 5) is 11.8. The Labute approximate surface area is 97.3 Å². The van der Waals surface area contributed by atoms with Gasteiger partial charge < -0.3 is 5.11 Å². The average Bonchev–Trinajstić information content (AvgIpc) is 2.29. The molecule has 1 N–H and O–H groups in total. The van der Waals surface area contributed by atoms with E-state index in [0.717, 1.165) is 10.6 Å². The number of rotatable bonds is 3. The van der Waals surface area contributed by atoms with E-state index in [2.05, 4.69) is 11.7 Å². The zero-order chi connectivity index (χ0) is 11.5. The molecule has 1 aliphatic heterocycles. The Morgan fingerprint density at radius 3 is 3.00 bits per heavy atom. The summed E-state index contributed by atoms with van der Waals surface area (Å²) in [5, 5.41) is 14.7. The molecule has 1 heterocycles. The van der Waals surface area contributed by atoms with Gasteiger partial charge >= 0.3 is 5.97 Å². The molecule has 82 valence electrons. The molecule has 0 fully saturated rings. The number of para-hydroxylation sites is 1. The zero-order valence-electron chi connectivity index (χ0n) is 8.46. The molecule has 0 aromatic heterocycles. The van der Waals surface area contributed by atoms with Crippen LogP contribution in [0, 0.1) is 0 Å². The number of nitrogens with zero attached hydrogens (tertiary/aromatic N) is 2. The van der Waals surface area contributed by atoms with Crippen LogP contribution in [0.5, 0.6) is 0 Å². The fourth-order valence-electron chi connectivity index (χ4n) is 1.39. The molecule has 1 aromatic rings. The summed E-state index contributed by atoms with van der Waals surface area (Å²) in [6.45, 7) is 4.13. The van der Waals surface area contributed by atoms with Crippen molar-refractivity contribution in [3.63, 3.8) is 0 Å². The number of hydrogen-bond acceptors (Lipinski definition) is 4. The van der Waals surface area contributed by atoms with Crippen LogP contribution in [-0.2, 0) is 4.79 Å². The number of hydrogen-bond donors (Lipinski definition) is 1. The second-order valence-electron chi connectivity index (χ2n) is 3.15. The summed E-state index contributed by atoms with van der Waals surface area (Å²) >= 11 is 1.17. The van der Waals surface area contributed by atoms with Crippen LogP contribution in [0.2, 0.25) is 0 Å². The fraction of sp³-hybridized carbons (Fsp3) is 0.0909. The summed E-state index contributed by atoms with van der Waals surface area (Å²) < 4.78 is 0. The third kappa shape index (κ3) is 1.94. The maximum Gasteiger partial charge on any atom is 0.363 e.